The van der Waals surface area contributed by atoms with Crippen LogP contribution in [0, 0.1) is 0 Å². The van der Waals surface area contributed by atoms with E-state index >= 15 is 0 Å². The second-order valence-electron chi connectivity index (χ2n) is 6.26. The standard InChI is InChI=1S/C19H21F3N4O3/c1-12(14-5-6-17(25-10-14)29-11-19(20,21)22)26-18(28)15-4-3-8-24-16(15)7-9-23-13(2)27/h3-6,8,10,12H,7,9,11H2,1-2H3,(H,23,27)(H,26,28). The van der Waals surface area contributed by atoms with Crippen LogP contribution in [-0.4, -0.2) is 41.1 Å². The molecule has 0 bridgehead atoms. The normalized spacial score (nSPS) is 12.2. The molecule has 2 rings (SSSR count). The number of carbonyl (C=O) groups excluding carboxylic acids is 2. The number of nitrogens with zero attached hydrogens (tertiary/aromatic N) is 2. The number of amides is 2. The molecule has 29 heavy (non-hydrogen) atoms. The van der Waals surface area contributed by atoms with Crippen molar-refractivity contribution in [1.29, 1.82) is 0 Å². The van der Waals surface area contributed by atoms with Gasteiger partial charge in [-0.25, -0.2) is 4.98 Å². The number of carbonyl (C=O) groups is 2. The van der Waals surface area contributed by atoms with Gasteiger partial charge in [0, 0.05) is 38.3 Å². The van der Waals surface area contributed by atoms with E-state index in [1.54, 1.807) is 25.3 Å². The predicted octanol–water partition coefficient (Wildman–Crippen LogP) is 2.59. The molecule has 7 nitrogen and oxygen atoms in total. The molecule has 0 aliphatic heterocycles. The number of alkyl halides is 3. The van der Waals surface area contributed by atoms with Crippen LogP contribution in [0.2, 0.25) is 0 Å². The van der Waals surface area contributed by atoms with E-state index in [2.05, 4.69) is 25.3 Å². The average molecular weight is 410 g/mol. The van der Waals surface area contributed by atoms with Crippen LogP contribution >= 0.6 is 0 Å². The highest BCUT2D eigenvalue weighted by Gasteiger charge is 2.28. The van der Waals surface area contributed by atoms with Crippen LogP contribution < -0.4 is 15.4 Å². The molecule has 0 spiro atoms. The minimum atomic E-state index is -4.44. The predicted molar refractivity (Wildman–Crippen MR) is 98.3 cm³/mol. The number of aromatic nitrogens is 2. The summed E-state index contributed by atoms with van der Waals surface area (Å²) < 4.78 is 41.1. The molecule has 0 aromatic carbocycles. The first-order valence-corrected chi connectivity index (χ1v) is 8.80. The lowest BCUT2D eigenvalue weighted by Crippen LogP contribution is -2.29. The Balaban J connectivity index is 1.99. The van der Waals surface area contributed by atoms with E-state index in [1.165, 1.54) is 25.3 Å². The molecule has 156 valence electrons. The molecular formula is C19H21F3N4O3. The fourth-order valence-electron chi connectivity index (χ4n) is 2.45. The van der Waals surface area contributed by atoms with Gasteiger partial charge in [0.25, 0.3) is 5.91 Å². The van der Waals surface area contributed by atoms with E-state index in [1.807, 2.05) is 0 Å². The largest absolute Gasteiger partial charge is 0.468 e. The van der Waals surface area contributed by atoms with E-state index in [9.17, 15) is 22.8 Å². The van der Waals surface area contributed by atoms with Gasteiger partial charge in [-0.1, -0.05) is 6.07 Å². The van der Waals surface area contributed by atoms with Crippen LogP contribution in [-0.2, 0) is 11.2 Å². The monoisotopic (exact) mass is 410 g/mol. The van der Waals surface area contributed by atoms with E-state index in [0.29, 0.717) is 29.8 Å². The van der Waals surface area contributed by atoms with Crippen LogP contribution in [0.1, 0.15) is 41.5 Å². The Morgan fingerprint density at radius 2 is 1.97 bits per heavy atom. The van der Waals surface area contributed by atoms with Gasteiger partial charge in [0.15, 0.2) is 6.61 Å². The summed E-state index contributed by atoms with van der Waals surface area (Å²) in [4.78, 5) is 31.6. The Kier molecular flexibility index (Phi) is 7.52. The molecule has 0 aliphatic rings. The SMILES string of the molecule is CC(=O)NCCc1ncccc1C(=O)NC(C)c1ccc(OCC(F)(F)F)nc1. The zero-order valence-corrected chi connectivity index (χ0v) is 15.9. The number of hydrogen-bond acceptors (Lipinski definition) is 5. The Morgan fingerprint density at radius 3 is 2.59 bits per heavy atom. The zero-order chi connectivity index (χ0) is 21.4. The fourth-order valence-corrected chi connectivity index (χ4v) is 2.45. The minimum Gasteiger partial charge on any atom is -0.468 e. The third-order valence-electron chi connectivity index (χ3n) is 3.86. The van der Waals surface area contributed by atoms with Gasteiger partial charge in [-0.15, -0.1) is 0 Å². The van der Waals surface area contributed by atoms with Gasteiger partial charge in [0.1, 0.15) is 0 Å². The molecule has 1 unspecified atom stereocenters. The molecule has 10 heteroatoms. The van der Waals surface area contributed by atoms with Crippen LogP contribution in [0.15, 0.2) is 36.7 Å². The van der Waals surface area contributed by atoms with Gasteiger partial charge in [0.05, 0.1) is 17.3 Å². The second-order valence-corrected chi connectivity index (χ2v) is 6.26. The average Bonchev–Trinajstić information content (AvgIpc) is 2.66. The van der Waals surface area contributed by atoms with Crippen molar-refractivity contribution in [3.05, 3.63) is 53.5 Å². The Morgan fingerprint density at radius 1 is 1.21 bits per heavy atom. The zero-order valence-electron chi connectivity index (χ0n) is 15.9. The van der Waals surface area contributed by atoms with E-state index in [4.69, 9.17) is 0 Å². The summed E-state index contributed by atoms with van der Waals surface area (Å²) in [5.74, 6) is -0.686. The second kappa shape index (κ2) is 9.85. The molecule has 2 aromatic heterocycles. The maximum absolute atomic E-state index is 12.6. The van der Waals surface area contributed by atoms with Gasteiger partial charge < -0.3 is 15.4 Å². The van der Waals surface area contributed by atoms with Gasteiger partial charge in [-0.2, -0.15) is 13.2 Å². The summed E-state index contributed by atoms with van der Waals surface area (Å²) in [6.45, 7) is 2.05. The lowest BCUT2D eigenvalue weighted by Gasteiger charge is -2.16. The highest BCUT2D eigenvalue weighted by atomic mass is 19.4. The lowest BCUT2D eigenvalue weighted by molar-refractivity contribution is -0.154. The molecule has 2 aromatic rings. The molecule has 1 atom stereocenters. The third kappa shape index (κ3) is 7.40. The Bertz CT molecular complexity index is 841. The summed E-state index contributed by atoms with van der Waals surface area (Å²) >= 11 is 0. The first-order valence-electron chi connectivity index (χ1n) is 8.80. The smallest absolute Gasteiger partial charge is 0.422 e. The number of ether oxygens (including phenoxy) is 1. The van der Waals surface area contributed by atoms with Crippen molar-refractivity contribution >= 4 is 11.8 Å². The van der Waals surface area contributed by atoms with Gasteiger partial charge >= 0.3 is 6.18 Å². The van der Waals surface area contributed by atoms with Gasteiger partial charge in [-0.3, -0.25) is 14.6 Å². The molecule has 2 heterocycles. The summed E-state index contributed by atoms with van der Waals surface area (Å²) in [6, 6.07) is 5.66. The number of nitrogens with one attached hydrogen (secondary N) is 2. The quantitative estimate of drug-likeness (QED) is 0.698. The molecule has 2 amide bonds. The highest BCUT2D eigenvalue weighted by Crippen LogP contribution is 2.19. The molecular weight excluding hydrogens is 389 g/mol. The molecule has 0 radical (unpaired) electrons. The van der Waals surface area contributed by atoms with E-state index < -0.39 is 18.8 Å². The first kappa shape index (κ1) is 22.1. The minimum absolute atomic E-state index is 0.155. The van der Waals surface area contributed by atoms with E-state index in [-0.39, 0.29) is 17.7 Å². The highest BCUT2D eigenvalue weighted by molar-refractivity contribution is 5.95. The van der Waals surface area contributed by atoms with Crippen LogP contribution in [0.4, 0.5) is 13.2 Å². The summed E-state index contributed by atoms with van der Waals surface area (Å²) in [5, 5.41) is 5.45. The molecule has 0 aliphatic carbocycles. The summed E-state index contributed by atoms with van der Waals surface area (Å²) in [7, 11) is 0. The first-order chi connectivity index (χ1) is 13.7. The van der Waals surface area contributed by atoms with Crippen molar-refractivity contribution in [3.63, 3.8) is 0 Å². The molecule has 0 saturated carbocycles. The topological polar surface area (TPSA) is 93.2 Å². The maximum atomic E-state index is 12.6. The number of hydrogen-bond donors (Lipinski definition) is 2. The number of rotatable bonds is 8. The molecule has 0 fully saturated rings. The summed E-state index contributed by atoms with van der Waals surface area (Å²) in [6.07, 6.45) is -1.14. The van der Waals surface area contributed by atoms with Crippen molar-refractivity contribution < 1.29 is 27.5 Å². The van der Waals surface area contributed by atoms with Crippen molar-refractivity contribution in [2.24, 2.45) is 0 Å². The molecule has 2 N–H and O–H groups in total. The number of halogens is 3. The van der Waals surface area contributed by atoms with Crippen LogP contribution in [0.25, 0.3) is 0 Å². The van der Waals surface area contributed by atoms with Crippen LogP contribution in [0.5, 0.6) is 5.88 Å². The Hall–Kier alpha value is -3.17. The van der Waals surface area contributed by atoms with E-state index in [0.717, 1.165) is 0 Å². The third-order valence-corrected chi connectivity index (χ3v) is 3.86. The van der Waals surface area contributed by atoms with Crippen molar-refractivity contribution in [2.45, 2.75) is 32.5 Å². The van der Waals surface area contributed by atoms with Crippen molar-refractivity contribution in [3.8, 4) is 5.88 Å². The Labute approximate surface area is 165 Å². The van der Waals surface area contributed by atoms with Crippen LogP contribution in [0.3, 0.4) is 0 Å². The number of pyridine rings is 2. The van der Waals surface area contributed by atoms with Crippen molar-refractivity contribution in [1.82, 2.24) is 20.6 Å². The fraction of sp³-hybridized carbons (Fsp3) is 0.368. The summed E-state index contributed by atoms with van der Waals surface area (Å²) in [5.41, 5.74) is 1.52. The van der Waals surface area contributed by atoms with Gasteiger partial charge in [0.2, 0.25) is 11.8 Å². The molecule has 0 saturated heterocycles. The van der Waals surface area contributed by atoms with Crippen molar-refractivity contribution in [2.75, 3.05) is 13.2 Å². The lowest BCUT2D eigenvalue weighted by atomic mass is 10.1. The maximum Gasteiger partial charge on any atom is 0.422 e. The van der Waals surface area contributed by atoms with Gasteiger partial charge in [-0.05, 0) is 24.6 Å².